The molecule has 3 aliphatic rings. The fourth-order valence-electron chi connectivity index (χ4n) is 4.67. The van der Waals surface area contributed by atoms with Crippen LogP contribution in [0.4, 0.5) is 0 Å². The molecule has 0 aromatic rings. The SMILES string of the molecule is CC1=CCC[C@H](C)[C@@H]1CN1CCN([C@@H](C)C(=O)N2CCCC2)CC1. The third kappa shape index (κ3) is 4.02. The third-order valence-electron chi connectivity index (χ3n) is 6.54. The Morgan fingerprint density at radius 1 is 1.17 bits per heavy atom. The molecule has 4 nitrogen and oxygen atoms in total. The summed E-state index contributed by atoms with van der Waals surface area (Å²) in [5.74, 6) is 1.89. The summed E-state index contributed by atoms with van der Waals surface area (Å²) in [6.07, 6.45) is 7.39. The average Bonchev–Trinajstić information content (AvgIpc) is 3.12. The lowest BCUT2D eigenvalue weighted by atomic mass is 9.79. The molecule has 1 aliphatic carbocycles. The number of nitrogens with zero attached hydrogens (tertiary/aromatic N) is 3. The van der Waals surface area contributed by atoms with E-state index in [1.165, 1.54) is 32.2 Å². The standard InChI is InChI=1S/C20H35N3O/c1-16-7-6-8-17(2)19(16)15-21-11-13-22(14-12-21)18(3)20(24)23-9-4-5-10-23/h7,17-19H,4-6,8-15H2,1-3H3/t17-,18-,19+/m0/s1. The highest BCUT2D eigenvalue weighted by molar-refractivity contribution is 5.81. The normalized spacial score (nSPS) is 31.1. The van der Waals surface area contributed by atoms with Gasteiger partial charge in [-0.25, -0.2) is 0 Å². The van der Waals surface area contributed by atoms with Crippen LogP contribution in [0.1, 0.15) is 46.5 Å². The molecule has 1 amide bonds. The number of likely N-dealkylation sites (tertiary alicyclic amines) is 1. The van der Waals surface area contributed by atoms with Crippen molar-refractivity contribution < 1.29 is 4.79 Å². The molecule has 2 saturated heterocycles. The van der Waals surface area contributed by atoms with Crippen molar-refractivity contribution >= 4 is 5.91 Å². The van der Waals surface area contributed by atoms with E-state index in [1.54, 1.807) is 5.57 Å². The van der Waals surface area contributed by atoms with Crippen molar-refractivity contribution in [3.63, 3.8) is 0 Å². The number of carbonyl (C=O) groups is 1. The van der Waals surface area contributed by atoms with Crippen molar-refractivity contribution in [2.75, 3.05) is 45.8 Å². The van der Waals surface area contributed by atoms with E-state index >= 15 is 0 Å². The van der Waals surface area contributed by atoms with Gasteiger partial charge in [-0.3, -0.25) is 9.69 Å². The summed E-state index contributed by atoms with van der Waals surface area (Å²) < 4.78 is 0. The molecular formula is C20H35N3O. The van der Waals surface area contributed by atoms with Crippen molar-refractivity contribution in [1.82, 2.24) is 14.7 Å². The maximum absolute atomic E-state index is 12.6. The van der Waals surface area contributed by atoms with Gasteiger partial charge in [0.2, 0.25) is 5.91 Å². The van der Waals surface area contributed by atoms with Crippen LogP contribution in [-0.4, -0.2) is 72.5 Å². The number of amides is 1. The predicted molar refractivity (Wildman–Crippen MR) is 98.9 cm³/mol. The van der Waals surface area contributed by atoms with Gasteiger partial charge < -0.3 is 9.80 Å². The Labute approximate surface area is 147 Å². The number of carbonyl (C=O) groups excluding carboxylic acids is 1. The molecule has 0 unspecified atom stereocenters. The van der Waals surface area contributed by atoms with Gasteiger partial charge in [0.25, 0.3) is 0 Å². The fourth-order valence-corrected chi connectivity index (χ4v) is 4.67. The van der Waals surface area contributed by atoms with Crippen LogP contribution in [0, 0.1) is 11.8 Å². The maximum atomic E-state index is 12.6. The molecule has 4 heteroatoms. The summed E-state index contributed by atoms with van der Waals surface area (Å²) in [5.41, 5.74) is 1.59. The van der Waals surface area contributed by atoms with Crippen LogP contribution in [0.25, 0.3) is 0 Å². The van der Waals surface area contributed by atoms with Crippen molar-refractivity contribution in [1.29, 1.82) is 0 Å². The molecule has 2 aliphatic heterocycles. The van der Waals surface area contributed by atoms with Gasteiger partial charge in [-0.15, -0.1) is 0 Å². The van der Waals surface area contributed by atoms with E-state index in [0.29, 0.717) is 5.91 Å². The maximum Gasteiger partial charge on any atom is 0.239 e. The molecular weight excluding hydrogens is 298 g/mol. The molecule has 3 rings (SSSR count). The second kappa shape index (κ2) is 8.01. The Hall–Kier alpha value is -0.870. The van der Waals surface area contributed by atoms with Crippen molar-refractivity contribution in [2.24, 2.45) is 11.8 Å². The molecule has 0 aromatic heterocycles. The first-order valence-electron chi connectivity index (χ1n) is 9.98. The van der Waals surface area contributed by atoms with Crippen LogP contribution in [0.3, 0.4) is 0 Å². The van der Waals surface area contributed by atoms with Gasteiger partial charge in [-0.05, 0) is 51.4 Å². The minimum atomic E-state index is 0.0560. The van der Waals surface area contributed by atoms with Crippen LogP contribution < -0.4 is 0 Å². The summed E-state index contributed by atoms with van der Waals surface area (Å²) in [6.45, 7) is 14.2. The highest BCUT2D eigenvalue weighted by Crippen LogP contribution is 2.31. The highest BCUT2D eigenvalue weighted by atomic mass is 16.2. The van der Waals surface area contributed by atoms with Crippen molar-refractivity contribution in [2.45, 2.75) is 52.5 Å². The highest BCUT2D eigenvalue weighted by Gasteiger charge is 2.31. The van der Waals surface area contributed by atoms with Crippen LogP contribution in [0.15, 0.2) is 11.6 Å². The smallest absolute Gasteiger partial charge is 0.239 e. The van der Waals surface area contributed by atoms with Crippen molar-refractivity contribution in [3.8, 4) is 0 Å². The lowest BCUT2D eigenvalue weighted by Gasteiger charge is -2.41. The topological polar surface area (TPSA) is 26.8 Å². The second-order valence-corrected chi connectivity index (χ2v) is 8.15. The third-order valence-corrected chi connectivity index (χ3v) is 6.54. The zero-order valence-electron chi connectivity index (χ0n) is 15.8. The van der Waals surface area contributed by atoms with Gasteiger partial charge >= 0.3 is 0 Å². The van der Waals surface area contributed by atoms with Gasteiger partial charge in [0.1, 0.15) is 0 Å². The molecule has 24 heavy (non-hydrogen) atoms. The summed E-state index contributed by atoms with van der Waals surface area (Å²) >= 11 is 0. The number of hydrogen-bond donors (Lipinski definition) is 0. The van der Waals surface area contributed by atoms with Gasteiger partial charge in [0.15, 0.2) is 0 Å². The molecule has 0 spiro atoms. The number of piperazine rings is 1. The Morgan fingerprint density at radius 3 is 2.46 bits per heavy atom. The first-order chi connectivity index (χ1) is 11.6. The largest absolute Gasteiger partial charge is 0.341 e. The molecule has 3 atom stereocenters. The molecule has 0 saturated carbocycles. The van der Waals surface area contributed by atoms with E-state index < -0.39 is 0 Å². The van der Waals surface area contributed by atoms with E-state index in [4.69, 9.17) is 0 Å². The van der Waals surface area contributed by atoms with Gasteiger partial charge in [-0.2, -0.15) is 0 Å². The van der Waals surface area contributed by atoms with E-state index in [0.717, 1.165) is 51.1 Å². The van der Waals surface area contributed by atoms with Crippen LogP contribution in [-0.2, 0) is 4.79 Å². The molecule has 0 aromatic carbocycles. The van der Waals surface area contributed by atoms with E-state index in [9.17, 15) is 4.79 Å². The van der Waals surface area contributed by atoms with Crippen LogP contribution >= 0.6 is 0 Å². The number of rotatable bonds is 4. The number of hydrogen-bond acceptors (Lipinski definition) is 3. The van der Waals surface area contributed by atoms with Gasteiger partial charge in [0, 0.05) is 45.8 Å². The lowest BCUT2D eigenvalue weighted by molar-refractivity contribution is -0.136. The minimum Gasteiger partial charge on any atom is -0.341 e. The van der Waals surface area contributed by atoms with E-state index in [-0.39, 0.29) is 6.04 Å². The lowest BCUT2D eigenvalue weighted by Crippen LogP contribution is -2.55. The summed E-state index contributed by atoms with van der Waals surface area (Å²) in [4.78, 5) is 19.7. The molecule has 2 heterocycles. The van der Waals surface area contributed by atoms with Gasteiger partial charge in [-0.1, -0.05) is 18.6 Å². The van der Waals surface area contributed by atoms with Crippen LogP contribution in [0.2, 0.25) is 0 Å². The Kier molecular flexibility index (Phi) is 5.98. The minimum absolute atomic E-state index is 0.0560. The molecule has 0 N–H and O–H groups in total. The molecule has 0 bridgehead atoms. The van der Waals surface area contributed by atoms with Gasteiger partial charge in [0.05, 0.1) is 6.04 Å². The monoisotopic (exact) mass is 333 g/mol. The molecule has 2 fully saturated rings. The van der Waals surface area contributed by atoms with Crippen LogP contribution in [0.5, 0.6) is 0 Å². The summed E-state index contributed by atoms with van der Waals surface area (Å²) in [5, 5.41) is 0. The zero-order chi connectivity index (χ0) is 17.1. The average molecular weight is 334 g/mol. The summed E-state index contributed by atoms with van der Waals surface area (Å²) in [6, 6.07) is 0.0560. The molecule has 136 valence electrons. The first kappa shape index (κ1) is 17.9. The quantitative estimate of drug-likeness (QED) is 0.740. The zero-order valence-corrected chi connectivity index (χ0v) is 15.8. The van der Waals surface area contributed by atoms with E-state index in [2.05, 4.69) is 41.5 Å². The summed E-state index contributed by atoms with van der Waals surface area (Å²) in [7, 11) is 0. The van der Waals surface area contributed by atoms with Crippen molar-refractivity contribution in [3.05, 3.63) is 11.6 Å². The Bertz CT molecular complexity index is 462. The number of allylic oxidation sites excluding steroid dienone is 1. The first-order valence-corrected chi connectivity index (χ1v) is 9.98. The Balaban J connectivity index is 1.47. The van der Waals surface area contributed by atoms with E-state index in [1.807, 2.05) is 0 Å². The fraction of sp³-hybridized carbons (Fsp3) is 0.850. The predicted octanol–water partition coefficient (Wildman–Crippen LogP) is 2.61. The molecule has 0 radical (unpaired) electrons. The second-order valence-electron chi connectivity index (χ2n) is 8.15. The Morgan fingerprint density at radius 2 is 1.83 bits per heavy atom.